The minimum Gasteiger partial charge on any atom is -0.444 e. The summed E-state index contributed by atoms with van der Waals surface area (Å²) in [5.41, 5.74) is 0.840. The zero-order chi connectivity index (χ0) is 12.4. The quantitative estimate of drug-likeness (QED) is 0.664. The van der Waals surface area contributed by atoms with Gasteiger partial charge < -0.3 is 9.73 Å². The predicted octanol–water partition coefficient (Wildman–Crippen LogP) is 2.27. The van der Waals surface area contributed by atoms with Crippen molar-refractivity contribution in [3.05, 3.63) is 33.7 Å². The number of hydrogen-bond donors (Lipinski definition) is 1. The Morgan fingerprint density at radius 2 is 2.35 bits per heavy atom. The molecule has 17 heavy (non-hydrogen) atoms. The molecule has 90 valence electrons. The van der Waals surface area contributed by atoms with Gasteiger partial charge in [-0.25, -0.2) is 9.97 Å². The Bertz CT molecular complexity index is 529. The van der Waals surface area contributed by atoms with Gasteiger partial charge in [0.2, 0.25) is 5.89 Å². The number of anilines is 1. The number of rotatable bonds is 4. The van der Waals surface area contributed by atoms with E-state index in [0.717, 1.165) is 22.8 Å². The second kappa shape index (κ2) is 4.50. The molecule has 0 amide bonds. The first-order chi connectivity index (χ1) is 8.06. The van der Waals surface area contributed by atoms with Crippen molar-refractivity contribution in [2.24, 2.45) is 0 Å². The Morgan fingerprint density at radius 1 is 1.59 bits per heavy atom. The van der Waals surface area contributed by atoms with Gasteiger partial charge in [-0.05, 0) is 25.2 Å². The van der Waals surface area contributed by atoms with Crippen LogP contribution < -0.4 is 5.32 Å². The van der Waals surface area contributed by atoms with Crippen LogP contribution in [0.15, 0.2) is 10.6 Å². The molecule has 2 aromatic rings. The monoisotopic (exact) mass is 254 g/mol. The SMILES string of the molecule is Cc1nc(CNc2ncc([N+](=O)[O-])s2)oc1C. The highest BCUT2D eigenvalue weighted by Gasteiger charge is 2.12. The van der Waals surface area contributed by atoms with Crippen molar-refractivity contribution in [1.82, 2.24) is 9.97 Å². The van der Waals surface area contributed by atoms with Crippen molar-refractivity contribution < 1.29 is 9.34 Å². The molecule has 0 aliphatic heterocycles. The molecule has 0 saturated carbocycles. The van der Waals surface area contributed by atoms with E-state index in [-0.39, 0.29) is 5.00 Å². The summed E-state index contributed by atoms with van der Waals surface area (Å²) >= 11 is 0.980. The summed E-state index contributed by atoms with van der Waals surface area (Å²) in [5, 5.41) is 13.9. The van der Waals surface area contributed by atoms with Gasteiger partial charge in [-0.1, -0.05) is 0 Å². The molecule has 0 radical (unpaired) electrons. The number of nitrogens with zero attached hydrogens (tertiary/aromatic N) is 3. The number of nitrogens with one attached hydrogen (secondary N) is 1. The summed E-state index contributed by atoms with van der Waals surface area (Å²) in [7, 11) is 0. The van der Waals surface area contributed by atoms with Gasteiger partial charge in [0.1, 0.15) is 12.0 Å². The van der Waals surface area contributed by atoms with Crippen molar-refractivity contribution in [2.45, 2.75) is 20.4 Å². The van der Waals surface area contributed by atoms with Gasteiger partial charge in [-0.2, -0.15) is 0 Å². The number of aromatic nitrogens is 2. The second-order valence-corrected chi connectivity index (χ2v) is 4.37. The van der Waals surface area contributed by atoms with E-state index in [4.69, 9.17) is 4.42 Å². The van der Waals surface area contributed by atoms with E-state index < -0.39 is 4.92 Å². The van der Waals surface area contributed by atoms with Crippen LogP contribution >= 0.6 is 11.3 Å². The fourth-order valence-corrected chi connectivity index (χ4v) is 1.83. The lowest BCUT2D eigenvalue weighted by Gasteiger charge is -1.96. The van der Waals surface area contributed by atoms with Crippen LogP contribution in [0.3, 0.4) is 0 Å². The summed E-state index contributed by atoms with van der Waals surface area (Å²) in [5.74, 6) is 1.31. The maximum atomic E-state index is 10.5. The molecule has 0 fully saturated rings. The molecule has 0 unspecified atom stereocenters. The van der Waals surface area contributed by atoms with Crippen molar-refractivity contribution in [3.63, 3.8) is 0 Å². The number of thiazole rings is 1. The Hall–Kier alpha value is -1.96. The van der Waals surface area contributed by atoms with E-state index in [2.05, 4.69) is 15.3 Å². The van der Waals surface area contributed by atoms with Crippen LogP contribution in [0.25, 0.3) is 0 Å². The molecule has 2 aromatic heterocycles. The van der Waals surface area contributed by atoms with E-state index in [9.17, 15) is 10.1 Å². The number of hydrogen-bond acceptors (Lipinski definition) is 7. The normalized spacial score (nSPS) is 10.5. The van der Waals surface area contributed by atoms with Gasteiger partial charge >= 0.3 is 5.00 Å². The highest BCUT2D eigenvalue weighted by molar-refractivity contribution is 7.18. The van der Waals surface area contributed by atoms with Gasteiger partial charge in [0.15, 0.2) is 5.13 Å². The smallest absolute Gasteiger partial charge is 0.345 e. The summed E-state index contributed by atoms with van der Waals surface area (Å²) < 4.78 is 5.36. The fraction of sp³-hybridized carbons (Fsp3) is 0.333. The Balaban J connectivity index is 1.99. The molecule has 2 rings (SSSR count). The minimum atomic E-state index is -0.470. The van der Waals surface area contributed by atoms with Gasteiger partial charge in [0, 0.05) is 0 Å². The number of aryl methyl sites for hydroxylation is 2. The number of oxazole rings is 1. The second-order valence-electron chi connectivity index (χ2n) is 3.36. The molecular weight excluding hydrogens is 244 g/mol. The van der Waals surface area contributed by atoms with E-state index in [1.807, 2.05) is 13.8 Å². The molecule has 7 nitrogen and oxygen atoms in total. The van der Waals surface area contributed by atoms with Crippen molar-refractivity contribution >= 4 is 21.5 Å². The summed E-state index contributed by atoms with van der Waals surface area (Å²) in [6.45, 7) is 4.05. The number of nitro groups is 1. The molecule has 0 spiro atoms. The molecule has 0 aliphatic carbocycles. The summed E-state index contributed by atoms with van der Waals surface area (Å²) in [6, 6.07) is 0. The van der Waals surface area contributed by atoms with Gasteiger partial charge in [-0.15, -0.1) is 0 Å². The van der Waals surface area contributed by atoms with E-state index in [0.29, 0.717) is 17.6 Å². The lowest BCUT2D eigenvalue weighted by Crippen LogP contribution is -1.98. The molecular formula is C9H10N4O3S. The Morgan fingerprint density at radius 3 is 2.88 bits per heavy atom. The summed E-state index contributed by atoms with van der Waals surface area (Å²) in [4.78, 5) is 18.0. The highest BCUT2D eigenvalue weighted by Crippen LogP contribution is 2.25. The van der Waals surface area contributed by atoms with E-state index >= 15 is 0 Å². The molecule has 2 heterocycles. The standard InChI is InChI=1S/C9H10N4O3S/c1-5-6(2)16-7(12-5)3-10-9-11-4-8(17-9)13(14)15/h4H,3H2,1-2H3,(H,10,11). The van der Waals surface area contributed by atoms with Crippen LogP contribution in [0.5, 0.6) is 0 Å². The lowest BCUT2D eigenvalue weighted by atomic mass is 10.4. The maximum absolute atomic E-state index is 10.5. The first-order valence-corrected chi connectivity index (χ1v) is 5.65. The van der Waals surface area contributed by atoms with Crippen LogP contribution in [0, 0.1) is 24.0 Å². The van der Waals surface area contributed by atoms with Crippen LogP contribution in [-0.4, -0.2) is 14.9 Å². The third-order valence-corrected chi connectivity index (χ3v) is 3.04. The van der Waals surface area contributed by atoms with Gasteiger partial charge in [0.25, 0.3) is 0 Å². The lowest BCUT2D eigenvalue weighted by molar-refractivity contribution is -0.380. The van der Waals surface area contributed by atoms with Gasteiger partial charge in [0.05, 0.1) is 17.2 Å². The molecule has 0 saturated heterocycles. The highest BCUT2D eigenvalue weighted by atomic mass is 32.1. The Labute approximate surface area is 101 Å². The van der Waals surface area contributed by atoms with E-state index in [1.54, 1.807) is 0 Å². The molecule has 0 atom stereocenters. The third-order valence-electron chi connectivity index (χ3n) is 2.14. The molecule has 1 N–H and O–H groups in total. The fourth-order valence-electron chi connectivity index (χ4n) is 1.20. The van der Waals surface area contributed by atoms with Gasteiger partial charge in [-0.3, -0.25) is 10.1 Å². The topological polar surface area (TPSA) is 94.1 Å². The first kappa shape index (κ1) is 11.5. The molecule has 0 aliphatic rings. The zero-order valence-corrected chi connectivity index (χ0v) is 10.1. The maximum Gasteiger partial charge on any atom is 0.345 e. The van der Waals surface area contributed by atoms with Crippen LogP contribution in [-0.2, 0) is 6.54 Å². The first-order valence-electron chi connectivity index (χ1n) is 4.83. The largest absolute Gasteiger partial charge is 0.444 e. The Kier molecular flexibility index (Phi) is 3.05. The third kappa shape index (κ3) is 2.59. The average molecular weight is 254 g/mol. The molecule has 0 aromatic carbocycles. The summed E-state index contributed by atoms with van der Waals surface area (Å²) in [6.07, 6.45) is 1.22. The molecule has 0 bridgehead atoms. The van der Waals surface area contributed by atoms with Crippen molar-refractivity contribution in [1.29, 1.82) is 0 Å². The predicted molar refractivity (Wildman–Crippen MR) is 62.1 cm³/mol. The van der Waals surface area contributed by atoms with Crippen LogP contribution in [0.2, 0.25) is 0 Å². The van der Waals surface area contributed by atoms with E-state index in [1.165, 1.54) is 6.20 Å². The van der Waals surface area contributed by atoms with Crippen LogP contribution in [0.4, 0.5) is 10.1 Å². The van der Waals surface area contributed by atoms with Crippen LogP contribution in [0.1, 0.15) is 17.3 Å². The van der Waals surface area contributed by atoms with Crippen molar-refractivity contribution in [3.8, 4) is 0 Å². The molecule has 8 heteroatoms. The minimum absolute atomic E-state index is 0.00673. The average Bonchev–Trinajstić information content (AvgIpc) is 2.84. The zero-order valence-electron chi connectivity index (χ0n) is 9.26. The van der Waals surface area contributed by atoms with Crippen molar-refractivity contribution in [2.75, 3.05) is 5.32 Å².